The van der Waals surface area contributed by atoms with Crippen LogP contribution in [0.1, 0.15) is 29.4 Å². The zero-order valence-corrected chi connectivity index (χ0v) is 12.8. The quantitative estimate of drug-likeness (QED) is 0.690. The average Bonchev–Trinajstić information content (AvgIpc) is 3.08. The molecule has 20 heavy (non-hydrogen) atoms. The number of piperidine rings is 1. The van der Waals surface area contributed by atoms with Gasteiger partial charge in [-0.3, -0.25) is 9.20 Å². The topological polar surface area (TPSA) is 37.6 Å². The fourth-order valence-corrected chi connectivity index (χ4v) is 4.65. The molecule has 4 nitrogen and oxygen atoms in total. The zero-order chi connectivity index (χ0) is 13.7. The van der Waals surface area contributed by atoms with Crippen molar-refractivity contribution in [3.05, 3.63) is 22.5 Å². The normalized spacial score (nSPS) is 20.1. The van der Waals surface area contributed by atoms with Gasteiger partial charge in [0.15, 0.2) is 4.96 Å². The Labute approximate surface area is 124 Å². The van der Waals surface area contributed by atoms with Gasteiger partial charge in [0.1, 0.15) is 4.83 Å². The van der Waals surface area contributed by atoms with Gasteiger partial charge in [0.2, 0.25) is 0 Å². The Morgan fingerprint density at radius 1 is 1.50 bits per heavy atom. The fourth-order valence-electron chi connectivity index (χ4n) is 2.88. The second-order valence-electron chi connectivity index (χ2n) is 5.47. The van der Waals surface area contributed by atoms with Gasteiger partial charge >= 0.3 is 0 Å². The first-order valence-corrected chi connectivity index (χ1v) is 8.56. The summed E-state index contributed by atoms with van der Waals surface area (Å²) in [5, 5.41) is 2.02. The van der Waals surface area contributed by atoms with Gasteiger partial charge < -0.3 is 4.90 Å². The van der Waals surface area contributed by atoms with E-state index in [1.807, 2.05) is 22.5 Å². The summed E-state index contributed by atoms with van der Waals surface area (Å²) in [5.74, 6) is 0.783. The van der Waals surface area contributed by atoms with E-state index in [-0.39, 0.29) is 5.91 Å². The van der Waals surface area contributed by atoms with Crippen molar-refractivity contribution in [3.8, 4) is 0 Å². The number of imidazole rings is 1. The molecule has 1 amide bonds. The summed E-state index contributed by atoms with van der Waals surface area (Å²) in [5.41, 5.74) is 1.06. The number of nitrogens with zero attached hydrogens (tertiary/aromatic N) is 3. The Bertz CT molecular complexity index is 785. The van der Waals surface area contributed by atoms with Crippen LogP contribution in [0.2, 0.25) is 0 Å². The molecule has 0 bridgehead atoms. The van der Waals surface area contributed by atoms with Crippen LogP contribution in [0.15, 0.2) is 17.6 Å². The lowest BCUT2D eigenvalue weighted by Gasteiger charge is -2.30. The van der Waals surface area contributed by atoms with Gasteiger partial charge in [-0.15, -0.1) is 22.7 Å². The molecule has 4 rings (SSSR count). The maximum Gasteiger partial charge on any atom is 0.264 e. The van der Waals surface area contributed by atoms with Gasteiger partial charge in [-0.25, -0.2) is 4.98 Å². The first kappa shape index (κ1) is 12.3. The van der Waals surface area contributed by atoms with Crippen molar-refractivity contribution in [2.75, 3.05) is 13.1 Å². The third-order valence-electron chi connectivity index (χ3n) is 3.89. The van der Waals surface area contributed by atoms with Crippen molar-refractivity contribution in [3.63, 3.8) is 0 Å². The average molecular weight is 305 g/mol. The Balaban J connectivity index is 1.70. The monoisotopic (exact) mass is 305 g/mol. The predicted molar refractivity (Wildman–Crippen MR) is 82.8 cm³/mol. The first-order chi connectivity index (χ1) is 9.72. The van der Waals surface area contributed by atoms with Crippen LogP contribution in [0.4, 0.5) is 0 Å². The van der Waals surface area contributed by atoms with Crippen LogP contribution in [0.3, 0.4) is 0 Å². The second-order valence-corrected chi connectivity index (χ2v) is 7.37. The molecule has 1 aliphatic heterocycles. The number of hydrogen-bond donors (Lipinski definition) is 0. The molecule has 3 aromatic rings. The number of amides is 1. The van der Waals surface area contributed by atoms with Crippen molar-refractivity contribution < 1.29 is 4.79 Å². The minimum Gasteiger partial charge on any atom is -0.338 e. The van der Waals surface area contributed by atoms with E-state index in [4.69, 9.17) is 0 Å². The largest absolute Gasteiger partial charge is 0.338 e. The Hall–Kier alpha value is -1.40. The van der Waals surface area contributed by atoms with Crippen LogP contribution in [-0.2, 0) is 0 Å². The lowest BCUT2D eigenvalue weighted by atomic mass is 10.0. The molecule has 0 aliphatic carbocycles. The number of hydrogen-bond acceptors (Lipinski definition) is 4. The van der Waals surface area contributed by atoms with E-state index >= 15 is 0 Å². The maximum atomic E-state index is 12.6. The lowest BCUT2D eigenvalue weighted by molar-refractivity contribution is 0.0688. The molecule has 3 aromatic heterocycles. The van der Waals surface area contributed by atoms with Gasteiger partial charge in [-0.1, -0.05) is 6.92 Å². The van der Waals surface area contributed by atoms with E-state index in [1.165, 1.54) is 17.8 Å². The molecular weight excluding hydrogens is 290 g/mol. The summed E-state index contributed by atoms with van der Waals surface area (Å²) < 4.78 is 2.06. The van der Waals surface area contributed by atoms with Gasteiger partial charge in [0.05, 0.1) is 10.4 Å². The van der Waals surface area contributed by atoms with Gasteiger partial charge in [0.25, 0.3) is 5.91 Å². The van der Waals surface area contributed by atoms with Crippen LogP contribution < -0.4 is 0 Å². The van der Waals surface area contributed by atoms with E-state index in [0.29, 0.717) is 5.92 Å². The molecule has 104 valence electrons. The lowest BCUT2D eigenvalue weighted by Crippen LogP contribution is -2.38. The Morgan fingerprint density at radius 2 is 2.40 bits per heavy atom. The van der Waals surface area contributed by atoms with Gasteiger partial charge in [-0.2, -0.15) is 0 Å². The van der Waals surface area contributed by atoms with Crippen molar-refractivity contribution in [1.82, 2.24) is 14.3 Å². The van der Waals surface area contributed by atoms with Crippen LogP contribution in [0.25, 0.3) is 15.3 Å². The summed E-state index contributed by atoms with van der Waals surface area (Å²) in [6, 6.07) is 1.99. The minimum atomic E-state index is 0.170. The summed E-state index contributed by atoms with van der Waals surface area (Å²) in [6.45, 7) is 3.99. The third kappa shape index (κ3) is 1.86. The summed E-state index contributed by atoms with van der Waals surface area (Å²) in [4.78, 5) is 21.9. The predicted octanol–water partition coefficient (Wildman–Crippen LogP) is 3.48. The number of aromatic nitrogens is 2. The Kier molecular flexibility index (Phi) is 2.82. The van der Waals surface area contributed by atoms with Crippen molar-refractivity contribution in [1.29, 1.82) is 0 Å². The molecule has 0 saturated carbocycles. The highest BCUT2D eigenvalue weighted by Crippen LogP contribution is 2.29. The Morgan fingerprint density at radius 3 is 3.25 bits per heavy atom. The SMILES string of the molecule is CC1CCCN(C(=O)c2cc3c(nc4sccn43)s2)C1. The fraction of sp³-hybridized carbons (Fsp3) is 0.429. The second kappa shape index (κ2) is 4.56. The molecule has 1 atom stereocenters. The number of likely N-dealkylation sites (tertiary alicyclic amines) is 1. The first-order valence-electron chi connectivity index (χ1n) is 6.87. The molecule has 4 heterocycles. The van der Waals surface area contributed by atoms with E-state index < -0.39 is 0 Å². The van der Waals surface area contributed by atoms with Gasteiger partial charge in [0, 0.05) is 24.7 Å². The molecule has 6 heteroatoms. The van der Waals surface area contributed by atoms with Crippen LogP contribution in [-0.4, -0.2) is 33.3 Å². The van der Waals surface area contributed by atoms with E-state index in [9.17, 15) is 4.79 Å². The molecule has 0 aromatic carbocycles. The minimum absolute atomic E-state index is 0.170. The molecule has 1 aliphatic rings. The number of carbonyl (C=O) groups is 1. The van der Waals surface area contributed by atoms with E-state index in [0.717, 1.165) is 39.7 Å². The van der Waals surface area contributed by atoms with Gasteiger partial charge in [-0.05, 0) is 24.8 Å². The summed E-state index contributed by atoms with van der Waals surface area (Å²) in [7, 11) is 0. The molecule has 1 fully saturated rings. The van der Waals surface area contributed by atoms with E-state index in [2.05, 4.69) is 16.3 Å². The highest BCUT2D eigenvalue weighted by Gasteiger charge is 2.24. The number of rotatable bonds is 1. The zero-order valence-electron chi connectivity index (χ0n) is 11.2. The number of thiophene rings is 1. The standard InChI is InChI=1S/C14H15N3OS2/c1-9-3-2-4-16(8-9)13(18)11-7-10-12(20-11)15-14-17(10)5-6-19-14/h5-7,9H,2-4,8H2,1H3. The molecule has 0 radical (unpaired) electrons. The van der Waals surface area contributed by atoms with E-state index in [1.54, 1.807) is 11.3 Å². The smallest absolute Gasteiger partial charge is 0.264 e. The van der Waals surface area contributed by atoms with Crippen molar-refractivity contribution >= 4 is 43.9 Å². The summed E-state index contributed by atoms with van der Waals surface area (Å²) in [6.07, 6.45) is 4.36. The molecule has 0 spiro atoms. The molecule has 0 N–H and O–H groups in total. The van der Waals surface area contributed by atoms with Crippen LogP contribution >= 0.6 is 22.7 Å². The number of thiazole rings is 1. The summed E-state index contributed by atoms with van der Waals surface area (Å²) >= 11 is 3.14. The number of fused-ring (bicyclic) bond motifs is 3. The third-order valence-corrected chi connectivity index (χ3v) is 5.66. The van der Waals surface area contributed by atoms with Crippen molar-refractivity contribution in [2.24, 2.45) is 5.92 Å². The molecule has 1 unspecified atom stereocenters. The molecular formula is C14H15N3OS2. The highest BCUT2D eigenvalue weighted by molar-refractivity contribution is 7.21. The molecule has 1 saturated heterocycles. The highest BCUT2D eigenvalue weighted by atomic mass is 32.1. The van der Waals surface area contributed by atoms with Crippen molar-refractivity contribution in [2.45, 2.75) is 19.8 Å². The van der Waals surface area contributed by atoms with Crippen LogP contribution in [0, 0.1) is 5.92 Å². The maximum absolute atomic E-state index is 12.6. The van der Waals surface area contributed by atoms with Crippen LogP contribution in [0.5, 0.6) is 0 Å². The number of carbonyl (C=O) groups excluding carboxylic acids is 1.